The number of hydrogen-bond acceptors (Lipinski definition) is 0. The smallest absolute Gasteiger partial charge is 0.00521 e. The van der Waals surface area contributed by atoms with Crippen molar-refractivity contribution in [2.45, 2.75) is 27.2 Å². The summed E-state index contributed by atoms with van der Waals surface area (Å²) in [5, 5.41) is 0. The third kappa shape index (κ3) is 5.84. The van der Waals surface area contributed by atoms with Crippen LogP contribution in [0.3, 0.4) is 0 Å². The maximum absolute atomic E-state index is 3.42. The SMILES string of the molecule is CC/C(Br)=C\C=C(C)C. The Kier molecular flexibility index (Phi) is 4.78. The first-order valence-electron chi connectivity index (χ1n) is 3.16. The zero-order valence-corrected chi connectivity index (χ0v) is 7.83. The summed E-state index contributed by atoms with van der Waals surface area (Å²) in [6.07, 6.45) is 5.27. The largest absolute Gasteiger partial charge is 0.0764 e. The molecule has 0 spiro atoms. The normalized spacial score (nSPS) is 11.3. The van der Waals surface area contributed by atoms with E-state index in [4.69, 9.17) is 0 Å². The summed E-state index contributed by atoms with van der Waals surface area (Å²) >= 11 is 3.42. The van der Waals surface area contributed by atoms with Crippen molar-refractivity contribution < 1.29 is 0 Å². The van der Waals surface area contributed by atoms with Crippen LogP contribution in [0.4, 0.5) is 0 Å². The van der Waals surface area contributed by atoms with Gasteiger partial charge in [0.2, 0.25) is 0 Å². The molecule has 0 radical (unpaired) electrons. The van der Waals surface area contributed by atoms with Crippen LogP contribution in [0.2, 0.25) is 0 Å². The Morgan fingerprint density at radius 2 is 1.89 bits per heavy atom. The van der Waals surface area contributed by atoms with Gasteiger partial charge in [0, 0.05) is 0 Å². The van der Waals surface area contributed by atoms with Crippen molar-refractivity contribution in [3.63, 3.8) is 0 Å². The van der Waals surface area contributed by atoms with Crippen molar-refractivity contribution in [3.8, 4) is 0 Å². The van der Waals surface area contributed by atoms with Gasteiger partial charge in [0.15, 0.2) is 0 Å². The zero-order chi connectivity index (χ0) is 7.28. The predicted octanol–water partition coefficient (Wildman–Crippen LogP) is 3.64. The summed E-state index contributed by atoms with van der Waals surface area (Å²) in [7, 11) is 0. The van der Waals surface area contributed by atoms with E-state index in [1.54, 1.807) is 0 Å². The van der Waals surface area contributed by atoms with Gasteiger partial charge in [-0.05, 0) is 24.8 Å². The van der Waals surface area contributed by atoms with Crippen LogP contribution in [0.15, 0.2) is 22.2 Å². The van der Waals surface area contributed by atoms with Crippen molar-refractivity contribution in [2.75, 3.05) is 0 Å². The second-order valence-electron chi connectivity index (χ2n) is 2.21. The Morgan fingerprint density at radius 3 is 2.22 bits per heavy atom. The summed E-state index contributed by atoms with van der Waals surface area (Å²) < 4.78 is 1.25. The average Bonchev–Trinajstić information content (AvgIpc) is 1.83. The summed E-state index contributed by atoms with van der Waals surface area (Å²) in [4.78, 5) is 0. The lowest BCUT2D eigenvalue weighted by molar-refractivity contribution is 1.20. The average molecular weight is 189 g/mol. The van der Waals surface area contributed by atoms with Gasteiger partial charge in [-0.15, -0.1) is 0 Å². The van der Waals surface area contributed by atoms with Gasteiger partial charge in [0.1, 0.15) is 0 Å². The molecule has 0 heterocycles. The van der Waals surface area contributed by atoms with Crippen LogP contribution < -0.4 is 0 Å². The molecule has 0 aliphatic carbocycles. The molecule has 0 fully saturated rings. The highest BCUT2D eigenvalue weighted by molar-refractivity contribution is 9.11. The summed E-state index contributed by atoms with van der Waals surface area (Å²) in [6.45, 7) is 6.30. The molecule has 52 valence electrons. The fraction of sp³-hybridized carbons (Fsp3) is 0.500. The van der Waals surface area contributed by atoms with Crippen LogP contribution >= 0.6 is 15.9 Å². The van der Waals surface area contributed by atoms with Gasteiger partial charge in [0.05, 0.1) is 0 Å². The van der Waals surface area contributed by atoms with E-state index in [1.807, 2.05) is 0 Å². The number of halogens is 1. The van der Waals surface area contributed by atoms with Crippen molar-refractivity contribution >= 4 is 15.9 Å². The molecule has 0 amide bonds. The summed E-state index contributed by atoms with van der Waals surface area (Å²) in [5.41, 5.74) is 1.33. The number of rotatable bonds is 2. The molecule has 0 aliphatic rings. The molecule has 0 bridgehead atoms. The van der Waals surface area contributed by atoms with Gasteiger partial charge in [-0.1, -0.05) is 40.6 Å². The molecule has 0 aromatic heterocycles. The Balaban J connectivity index is 3.83. The molecule has 0 rings (SSSR count). The van der Waals surface area contributed by atoms with E-state index in [-0.39, 0.29) is 0 Å². The molecule has 0 unspecified atom stereocenters. The monoisotopic (exact) mass is 188 g/mol. The number of hydrogen-bond donors (Lipinski definition) is 0. The maximum Gasteiger partial charge on any atom is -0.00521 e. The summed E-state index contributed by atoms with van der Waals surface area (Å²) in [6, 6.07) is 0. The first-order chi connectivity index (χ1) is 4.16. The van der Waals surface area contributed by atoms with Crippen molar-refractivity contribution in [1.29, 1.82) is 0 Å². The highest BCUT2D eigenvalue weighted by Crippen LogP contribution is 2.09. The second-order valence-corrected chi connectivity index (χ2v) is 3.23. The minimum Gasteiger partial charge on any atom is -0.0764 e. The van der Waals surface area contributed by atoms with Gasteiger partial charge < -0.3 is 0 Å². The van der Waals surface area contributed by atoms with Crippen molar-refractivity contribution in [3.05, 3.63) is 22.2 Å². The second kappa shape index (κ2) is 4.80. The Hall–Kier alpha value is -0.0400. The molecule has 0 aliphatic heterocycles. The highest BCUT2D eigenvalue weighted by atomic mass is 79.9. The minimum atomic E-state index is 1.07. The van der Waals surface area contributed by atoms with Gasteiger partial charge in [-0.3, -0.25) is 0 Å². The predicted molar refractivity (Wildman–Crippen MR) is 46.7 cm³/mol. The van der Waals surface area contributed by atoms with Crippen LogP contribution in [0.1, 0.15) is 27.2 Å². The van der Waals surface area contributed by atoms with E-state index in [0.29, 0.717) is 0 Å². The quantitative estimate of drug-likeness (QED) is 0.581. The lowest BCUT2D eigenvalue weighted by atomic mass is 10.3. The Labute approximate surface area is 65.8 Å². The third-order valence-corrected chi connectivity index (χ3v) is 1.76. The van der Waals surface area contributed by atoms with Crippen LogP contribution in [0.5, 0.6) is 0 Å². The molecular formula is C8H13Br. The van der Waals surface area contributed by atoms with E-state index >= 15 is 0 Å². The molecule has 9 heavy (non-hydrogen) atoms. The fourth-order valence-electron chi connectivity index (χ4n) is 0.375. The molecule has 0 aromatic rings. The lowest BCUT2D eigenvalue weighted by Crippen LogP contribution is -1.64. The minimum absolute atomic E-state index is 1.07. The highest BCUT2D eigenvalue weighted by Gasteiger charge is 1.80. The molecule has 0 atom stereocenters. The maximum atomic E-state index is 3.42. The Morgan fingerprint density at radius 1 is 1.33 bits per heavy atom. The first-order valence-corrected chi connectivity index (χ1v) is 3.95. The van der Waals surface area contributed by atoms with Crippen LogP contribution in [-0.2, 0) is 0 Å². The first kappa shape index (κ1) is 8.96. The number of allylic oxidation sites excluding steroid dienone is 4. The molecule has 0 saturated heterocycles. The zero-order valence-electron chi connectivity index (χ0n) is 6.24. The lowest BCUT2D eigenvalue weighted by Gasteiger charge is -1.87. The molecule has 0 saturated carbocycles. The molecule has 0 aromatic carbocycles. The van der Waals surface area contributed by atoms with Gasteiger partial charge in [0.25, 0.3) is 0 Å². The standard InChI is InChI=1S/C8H13Br/c1-4-8(9)6-5-7(2)3/h5-6H,4H2,1-3H3/b8-6+. The molecule has 0 N–H and O–H groups in total. The van der Waals surface area contributed by atoms with Crippen molar-refractivity contribution in [2.24, 2.45) is 0 Å². The van der Waals surface area contributed by atoms with Crippen LogP contribution in [-0.4, -0.2) is 0 Å². The van der Waals surface area contributed by atoms with Gasteiger partial charge >= 0.3 is 0 Å². The molecular weight excluding hydrogens is 176 g/mol. The molecule has 1 heteroatoms. The van der Waals surface area contributed by atoms with E-state index in [9.17, 15) is 0 Å². The van der Waals surface area contributed by atoms with E-state index in [2.05, 4.69) is 48.9 Å². The van der Waals surface area contributed by atoms with Gasteiger partial charge in [-0.2, -0.15) is 0 Å². The fourth-order valence-corrected chi connectivity index (χ4v) is 0.507. The Bertz CT molecular complexity index is 128. The van der Waals surface area contributed by atoms with Crippen molar-refractivity contribution in [1.82, 2.24) is 0 Å². The third-order valence-electron chi connectivity index (χ3n) is 0.935. The van der Waals surface area contributed by atoms with E-state index in [0.717, 1.165) is 6.42 Å². The van der Waals surface area contributed by atoms with Gasteiger partial charge in [-0.25, -0.2) is 0 Å². The van der Waals surface area contributed by atoms with E-state index < -0.39 is 0 Å². The van der Waals surface area contributed by atoms with Crippen LogP contribution in [0.25, 0.3) is 0 Å². The molecule has 0 nitrogen and oxygen atoms in total. The van der Waals surface area contributed by atoms with E-state index in [1.165, 1.54) is 10.1 Å². The topological polar surface area (TPSA) is 0 Å². The van der Waals surface area contributed by atoms with Crippen LogP contribution in [0, 0.1) is 0 Å². The summed E-state index contributed by atoms with van der Waals surface area (Å²) in [5.74, 6) is 0.